The summed E-state index contributed by atoms with van der Waals surface area (Å²) in [6.45, 7) is 0. The van der Waals surface area contributed by atoms with Crippen LogP contribution in [0, 0.1) is 0 Å². The molecule has 0 radical (unpaired) electrons. The molecule has 0 saturated carbocycles. The van der Waals surface area contributed by atoms with Crippen LogP contribution in [0.4, 0.5) is 5.69 Å². The molecule has 0 aromatic heterocycles. The van der Waals surface area contributed by atoms with E-state index in [4.69, 9.17) is 20.1 Å². The maximum absolute atomic E-state index is 12.9. The van der Waals surface area contributed by atoms with E-state index in [0.29, 0.717) is 17.1 Å². The molecule has 3 N–H and O–H groups in total. The standard InChI is InChI=1S/C23H23N5O5/c1-31-16-11-9-14(10-12-16)17-13-18-19(21(29)32-2)20(22(30)33-3)27(15-7-5-4-6-8-15)28(18)23(25-17)26-24/h4-13,18H,24H2,1-3H3,(H,25,26). The smallest absolute Gasteiger partial charge is 0.357 e. The molecule has 1 unspecified atom stereocenters. The molecule has 0 saturated heterocycles. The van der Waals surface area contributed by atoms with E-state index in [1.165, 1.54) is 14.2 Å². The third kappa shape index (κ3) is 3.76. The van der Waals surface area contributed by atoms with E-state index in [0.717, 1.165) is 5.56 Å². The predicted octanol–water partition coefficient (Wildman–Crippen LogP) is 1.57. The quantitative estimate of drug-likeness (QED) is 0.398. The van der Waals surface area contributed by atoms with Gasteiger partial charge in [0.05, 0.1) is 38.3 Å². The Kier molecular flexibility index (Phi) is 6.01. The van der Waals surface area contributed by atoms with Gasteiger partial charge in [-0.15, -0.1) is 0 Å². The van der Waals surface area contributed by atoms with Crippen molar-refractivity contribution in [1.82, 2.24) is 10.4 Å². The van der Waals surface area contributed by atoms with Crippen LogP contribution < -0.4 is 21.0 Å². The van der Waals surface area contributed by atoms with Gasteiger partial charge in [0.15, 0.2) is 5.70 Å². The topological polar surface area (TPSA) is 119 Å². The Labute approximate surface area is 190 Å². The SMILES string of the molecule is COC(=O)C1=C(C(=O)OC)N(c2ccccc2)N2C(NN)=NC(c3ccc(OC)cc3)=CC12. The normalized spacial score (nSPS) is 17.2. The number of fused-ring (bicyclic) bond motifs is 1. The number of methoxy groups -OCH3 is 3. The van der Waals surface area contributed by atoms with Gasteiger partial charge in [0.1, 0.15) is 11.8 Å². The number of ether oxygens (including phenoxy) is 3. The van der Waals surface area contributed by atoms with E-state index in [2.05, 4.69) is 10.4 Å². The monoisotopic (exact) mass is 449 g/mol. The number of nitrogens with zero attached hydrogens (tertiary/aromatic N) is 3. The average Bonchev–Trinajstić information content (AvgIpc) is 3.23. The number of benzene rings is 2. The lowest BCUT2D eigenvalue weighted by molar-refractivity contribution is -0.139. The van der Waals surface area contributed by atoms with Crippen LogP contribution in [0.5, 0.6) is 5.75 Å². The molecule has 0 fully saturated rings. The van der Waals surface area contributed by atoms with E-state index in [1.807, 2.05) is 30.3 Å². The van der Waals surface area contributed by atoms with Crippen molar-refractivity contribution in [3.8, 4) is 5.75 Å². The van der Waals surface area contributed by atoms with E-state index in [1.54, 1.807) is 47.5 Å². The van der Waals surface area contributed by atoms with Crippen LogP contribution in [0.1, 0.15) is 5.56 Å². The molecule has 2 heterocycles. The third-order valence-corrected chi connectivity index (χ3v) is 5.30. The Morgan fingerprint density at radius 2 is 1.64 bits per heavy atom. The summed E-state index contributed by atoms with van der Waals surface area (Å²) in [7, 11) is 4.09. The summed E-state index contributed by atoms with van der Waals surface area (Å²) in [5.41, 5.74) is 4.62. The fourth-order valence-electron chi connectivity index (χ4n) is 3.81. The van der Waals surface area contributed by atoms with E-state index >= 15 is 0 Å². The lowest BCUT2D eigenvalue weighted by Gasteiger charge is -2.37. The molecule has 0 amide bonds. The van der Waals surface area contributed by atoms with E-state index in [9.17, 15) is 9.59 Å². The number of esters is 2. The molecule has 170 valence electrons. The van der Waals surface area contributed by atoms with Gasteiger partial charge in [0.25, 0.3) is 0 Å². The number of rotatable bonds is 5. The highest BCUT2D eigenvalue weighted by Crippen LogP contribution is 2.39. The first-order valence-corrected chi connectivity index (χ1v) is 10.0. The van der Waals surface area contributed by atoms with Gasteiger partial charge in [-0.25, -0.2) is 30.4 Å². The fraction of sp³-hybridized carbons (Fsp3) is 0.174. The molecule has 10 heteroatoms. The molecule has 1 atom stereocenters. The number of guanidine groups is 1. The van der Waals surface area contributed by atoms with Crippen molar-refractivity contribution < 1.29 is 23.8 Å². The summed E-state index contributed by atoms with van der Waals surface area (Å²) >= 11 is 0. The summed E-state index contributed by atoms with van der Waals surface area (Å²) in [6, 6.07) is 15.6. The van der Waals surface area contributed by atoms with Crippen molar-refractivity contribution in [2.75, 3.05) is 26.3 Å². The van der Waals surface area contributed by atoms with Crippen molar-refractivity contribution in [1.29, 1.82) is 0 Å². The first-order chi connectivity index (χ1) is 16.0. The molecule has 2 aromatic rings. The summed E-state index contributed by atoms with van der Waals surface area (Å²) in [5, 5.41) is 3.16. The molecule has 2 aromatic carbocycles. The van der Waals surface area contributed by atoms with Crippen molar-refractivity contribution in [2.24, 2.45) is 10.8 Å². The summed E-state index contributed by atoms with van der Waals surface area (Å²) in [5.74, 6) is 5.38. The van der Waals surface area contributed by atoms with Crippen molar-refractivity contribution in [2.45, 2.75) is 6.04 Å². The molecule has 2 aliphatic heterocycles. The zero-order valence-corrected chi connectivity index (χ0v) is 18.3. The van der Waals surface area contributed by atoms with Crippen LogP contribution in [0.15, 0.2) is 76.9 Å². The molecule has 33 heavy (non-hydrogen) atoms. The van der Waals surface area contributed by atoms with Crippen LogP contribution in [-0.2, 0) is 19.1 Å². The minimum Gasteiger partial charge on any atom is -0.497 e. The first kappa shape index (κ1) is 21.9. The lowest BCUT2D eigenvalue weighted by Crippen LogP contribution is -2.55. The average molecular weight is 449 g/mol. The number of anilines is 1. The molecule has 0 spiro atoms. The number of carbonyl (C=O) groups is 2. The molecule has 2 aliphatic rings. The van der Waals surface area contributed by atoms with Crippen LogP contribution in [0.2, 0.25) is 0 Å². The van der Waals surface area contributed by atoms with Crippen LogP contribution in [0.25, 0.3) is 5.70 Å². The Balaban J connectivity index is 1.93. The molecule has 0 bridgehead atoms. The van der Waals surface area contributed by atoms with Crippen LogP contribution in [0.3, 0.4) is 0 Å². The van der Waals surface area contributed by atoms with Crippen molar-refractivity contribution in [3.05, 3.63) is 77.5 Å². The van der Waals surface area contributed by atoms with E-state index < -0.39 is 18.0 Å². The molecular formula is C23H23N5O5. The summed E-state index contributed by atoms with van der Waals surface area (Å²) < 4.78 is 15.3. The van der Waals surface area contributed by atoms with Gasteiger partial charge in [-0.05, 0) is 42.5 Å². The van der Waals surface area contributed by atoms with Crippen LogP contribution in [-0.4, -0.2) is 50.3 Å². The second-order valence-electron chi connectivity index (χ2n) is 7.04. The maximum atomic E-state index is 12.9. The Morgan fingerprint density at radius 3 is 2.21 bits per heavy atom. The zero-order chi connectivity index (χ0) is 23.5. The van der Waals surface area contributed by atoms with Crippen molar-refractivity contribution >= 4 is 29.3 Å². The highest BCUT2D eigenvalue weighted by molar-refractivity contribution is 6.08. The highest BCUT2D eigenvalue weighted by atomic mass is 16.5. The number of hydrogen-bond donors (Lipinski definition) is 2. The molecular weight excluding hydrogens is 426 g/mol. The Hall–Kier alpha value is -4.31. The second-order valence-corrected chi connectivity index (χ2v) is 7.04. The molecule has 4 rings (SSSR count). The predicted molar refractivity (Wildman–Crippen MR) is 121 cm³/mol. The minimum atomic E-state index is -0.743. The number of hydrogen-bond acceptors (Lipinski definition) is 10. The molecule has 0 aliphatic carbocycles. The van der Waals surface area contributed by atoms with Gasteiger partial charge in [0.2, 0.25) is 5.96 Å². The number of para-hydroxylation sites is 1. The van der Waals surface area contributed by atoms with Crippen LogP contribution >= 0.6 is 0 Å². The molecule has 10 nitrogen and oxygen atoms in total. The first-order valence-electron chi connectivity index (χ1n) is 10.0. The Bertz CT molecular complexity index is 1160. The zero-order valence-electron chi connectivity index (χ0n) is 18.3. The summed E-state index contributed by atoms with van der Waals surface area (Å²) in [6.07, 6.45) is 1.76. The number of hydrazine groups is 2. The largest absolute Gasteiger partial charge is 0.497 e. The number of nitrogens with one attached hydrogen (secondary N) is 1. The van der Waals surface area contributed by atoms with Gasteiger partial charge in [-0.3, -0.25) is 5.43 Å². The number of nitrogens with two attached hydrogens (primary N) is 1. The van der Waals surface area contributed by atoms with Crippen molar-refractivity contribution in [3.63, 3.8) is 0 Å². The second kappa shape index (κ2) is 9.05. The highest BCUT2D eigenvalue weighted by Gasteiger charge is 2.48. The third-order valence-electron chi connectivity index (χ3n) is 5.30. The summed E-state index contributed by atoms with van der Waals surface area (Å²) in [4.78, 5) is 30.5. The number of carbonyl (C=O) groups excluding carboxylic acids is 2. The fourth-order valence-corrected chi connectivity index (χ4v) is 3.81. The van der Waals surface area contributed by atoms with Gasteiger partial charge in [0, 0.05) is 5.56 Å². The number of aliphatic imine (C=N–C) groups is 1. The Morgan fingerprint density at radius 1 is 0.970 bits per heavy atom. The maximum Gasteiger partial charge on any atom is 0.357 e. The van der Waals surface area contributed by atoms with Gasteiger partial charge in [-0.1, -0.05) is 18.2 Å². The van der Waals surface area contributed by atoms with Gasteiger partial charge >= 0.3 is 11.9 Å². The van der Waals surface area contributed by atoms with Gasteiger partial charge < -0.3 is 14.2 Å². The van der Waals surface area contributed by atoms with Gasteiger partial charge in [-0.2, -0.15) is 0 Å². The minimum absolute atomic E-state index is 0.00994. The van der Waals surface area contributed by atoms with E-state index in [-0.39, 0.29) is 17.2 Å². The lowest BCUT2D eigenvalue weighted by atomic mass is 10.0.